The van der Waals surface area contributed by atoms with E-state index < -0.39 is 24.7 Å². The Morgan fingerprint density at radius 2 is 2.23 bits per heavy atom. The third kappa shape index (κ3) is 6.25. The van der Waals surface area contributed by atoms with Crippen LogP contribution in [0.1, 0.15) is 26.2 Å². The highest BCUT2D eigenvalue weighted by Gasteiger charge is 2.27. The molecule has 0 fully saturated rings. The summed E-state index contributed by atoms with van der Waals surface area (Å²) in [6, 6.07) is 0. The fourth-order valence-corrected chi connectivity index (χ4v) is 0.831. The van der Waals surface area contributed by atoms with Crippen molar-refractivity contribution < 1.29 is 18.3 Å². The van der Waals surface area contributed by atoms with E-state index in [9.17, 15) is 13.6 Å². The largest absolute Gasteiger partial charge is 0.466 e. The predicted molar refractivity (Wildman–Crippen MR) is 45.6 cm³/mol. The number of ether oxygens (including phenoxy) is 1. The van der Waals surface area contributed by atoms with E-state index in [1.54, 1.807) is 6.92 Å². The average molecular weight is 192 g/mol. The molecule has 0 rings (SSSR count). The second-order valence-electron chi connectivity index (χ2n) is 2.65. The van der Waals surface area contributed by atoms with Gasteiger partial charge < -0.3 is 4.74 Å². The zero-order chi connectivity index (χ0) is 10.3. The van der Waals surface area contributed by atoms with Crippen molar-refractivity contribution in [3.8, 4) is 0 Å². The third-order valence-corrected chi connectivity index (χ3v) is 1.44. The molecule has 0 aliphatic carbocycles. The Balaban J connectivity index is 3.73. The van der Waals surface area contributed by atoms with Gasteiger partial charge >= 0.3 is 5.97 Å². The maximum Gasteiger partial charge on any atom is 0.305 e. The summed E-state index contributed by atoms with van der Waals surface area (Å²) < 4.78 is 30.0. The van der Waals surface area contributed by atoms with Gasteiger partial charge in [0.25, 0.3) is 5.92 Å². The first-order chi connectivity index (χ1) is 6.02. The van der Waals surface area contributed by atoms with Gasteiger partial charge in [0.15, 0.2) is 0 Å². The maximum absolute atomic E-state index is 12.7. The Labute approximate surface area is 76.6 Å². The second kappa shape index (κ2) is 5.67. The highest BCUT2D eigenvalue weighted by atomic mass is 19.3. The van der Waals surface area contributed by atoms with E-state index in [0.717, 1.165) is 6.08 Å². The molecule has 13 heavy (non-hydrogen) atoms. The molecular formula is C9H14F2O2. The third-order valence-electron chi connectivity index (χ3n) is 1.44. The number of hydrogen-bond acceptors (Lipinski definition) is 2. The van der Waals surface area contributed by atoms with Crippen molar-refractivity contribution in [2.24, 2.45) is 0 Å². The van der Waals surface area contributed by atoms with Gasteiger partial charge in [-0.3, -0.25) is 4.79 Å². The molecule has 0 N–H and O–H groups in total. The fourth-order valence-electron chi connectivity index (χ4n) is 0.831. The van der Waals surface area contributed by atoms with Crippen molar-refractivity contribution in [2.45, 2.75) is 32.1 Å². The van der Waals surface area contributed by atoms with Crippen molar-refractivity contribution in [2.75, 3.05) is 6.61 Å². The van der Waals surface area contributed by atoms with Crippen LogP contribution in [0.2, 0.25) is 0 Å². The molecule has 0 aromatic carbocycles. The van der Waals surface area contributed by atoms with Crippen molar-refractivity contribution in [3.63, 3.8) is 0 Å². The van der Waals surface area contributed by atoms with Crippen molar-refractivity contribution >= 4 is 5.97 Å². The highest BCUT2D eigenvalue weighted by Crippen LogP contribution is 2.24. The average Bonchev–Trinajstić information content (AvgIpc) is 2.02. The van der Waals surface area contributed by atoms with E-state index >= 15 is 0 Å². The fraction of sp³-hybridized carbons (Fsp3) is 0.667. The first-order valence-electron chi connectivity index (χ1n) is 4.16. The standard InChI is InChI=1S/C9H14F2O2/c1-3-6-9(10,11)7-5-8(12)13-4-2/h3H,1,4-7H2,2H3. The molecule has 0 radical (unpaired) electrons. The molecule has 0 aliphatic heterocycles. The molecule has 0 spiro atoms. The van der Waals surface area contributed by atoms with Gasteiger partial charge in [-0.2, -0.15) is 0 Å². The number of rotatable bonds is 6. The highest BCUT2D eigenvalue weighted by molar-refractivity contribution is 5.69. The summed E-state index contributed by atoms with van der Waals surface area (Å²) in [6.07, 6.45) is 0.0318. The molecule has 0 amide bonds. The van der Waals surface area contributed by atoms with Crippen LogP contribution in [0.5, 0.6) is 0 Å². The molecule has 0 bridgehead atoms. The Bertz CT molecular complexity index is 178. The molecule has 0 heterocycles. The Hall–Kier alpha value is -0.930. The number of alkyl halides is 2. The molecule has 0 atom stereocenters. The topological polar surface area (TPSA) is 26.3 Å². The van der Waals surface area contributed by atoms with Crippen LogP contribution in [0.15, 0.2) is 12.7 Å². The van der Waals surface area contributed by atoms with Crippen LogP contribution in [0.25, 0.3) is 0 Å². The number of hydrogen-bond donors (Lipinski definition) is 0. The van der Waals surface area contributed by atoms with Crippen molar-refractivity contribution in [1.29, 1.82) is 0 Å². The van der Waals surface area contributed by atoms with E-state index in [4.69, 9.17) is 0 Å². The van der Waals surface area contributed by atoms with Gasteiger partial charge in [-0.25, -0.2) is 8.78 Å². The molecule has 76 valence electrons. The minimum Gasteiger partial charge on any atom is -0.466 e. The zero-order valence-electron chi connectivity index (χ0n) is 7.69. The van der Waals surface area contributed by atoms with E-state index in [0.29, 0.717) is 0 Å². The van der Waals surface area contributed by atoms with Crippen LogP contribution in [0.3, 0.4) is 0 Å². The number of halogens is 2. The van der Waals surface area contributed by atoms with Crippen LogP contribution >= 0.6 is 0 Å². The summed E-state index contributed by atoms with van der Waals surface area (Å²) in [7, 11) is 0. The lowest BCUT2D eigenvalue weighted by molar-refractivity contribution is -0.145. The lowest BCUT2D eigenvalue weighted by atomic mass is 10.1. The summed E-state index contributed by atoms with van der Waals surface area (Å²) in [4.78, 5) is 10.7. The van der Waals surface area contributed by atoms with E-state index in [2.05, 4.69) is 11.3 Å². The summed E-state index contributed by atoms with van der Waals surface area (Å²) >= 11 is 0. The molecule has 4 heteroatoms. The van der Waals surface area contributed by atoms with Crippen LogP contribution in [-0.2, 0) is 9.53 Å². The van der Waals surface area contributed by atoms with Gasteiger partial charge in [-0.05, 0) is 6.92 Å². The maximum atomic E-state index is 12.7. The van der Waals surface area contributed by atoms with E-state index in [1.807, 2.05) is 0 Å². The van der Waals surface area contributed by atoms with Crippen LogP contribution in [0.4, 0.5) is 8.78 Å². The lowest BCUT2D eigenvalue weighted by Crippen LogP contribution is -2.17. The predicted octanol–water partition coefficient (Wildman–Crippen LogP) is 2.54. The van der Waals surface area contributed by atoms with Crippen molar-refractivity contribution in [1.82, 2.24) is 0 Å². The first kappa shape index (κ1) is 12.1. The smallest absolute Gasteiger partial charge is 0.305 e. The molecule has 2 nitrogen and oxygen atoms in total. The number of allylic oxidation sites excluding steroid dienone is 1. The van der Waals surface area contributed by atoms with Crippen LogP contribution < -0.4 is 0 Å². The van der Waals surface area contributed by atoms with Crippen LogP contribution in [-0.4, -0.2) is 18.5 Å². The van der Waals surface area contributed by atoms with Gasteiger partial charge in [0, 0.05) is 12.8 Å². The summed E-state index contributed by atoms with van der Waals surface area (Å²) in [5, 5.41) is 0. The van der Waals surface area contributed by atoms with Gasteiger partial charge in [-0.1, -0.05) is 6.08 Å². The quantitative estimate of drug-likeness (QED) is 0.477. The molecule has 0 aliphatic rings. The van der Waals surface area contributed by atoms with E-state index in [-0.39, 0.29) is 13.0 Å². The second-order valence-corrected chi connectivity index (χ2v) is 2.65. The SMILES string of the molecule is C=CCC(F)(F)CCC(=O)OCC. The Kier molecular flexibility index (Phi) is 5.26. The summed E-state index contributed by atoms with van der Waals surface area (Å²) in [5.41, 5.74) is 0. The monoisotopic (exact) mass is 192 g/mol. The number of carbonyl (C=O) groups is 1. The minimum absolute atomic E-state index is 0.228. The molecule has 0 unspecified atom stereocenters. The molecule has 0 aromatic rings. The number of esters is 1. The Morgan fingerprint density at radius 1 is 1.62 bits per heavy atom. The van der Waals surface area contributed by atoms with Crippen molar-refractivity contribution in [3.05, 3.63) is 12.7 Å². The zero-order valence-corrected chi connectivity index (χ0v) is 7.69. The van der Waals surface area contributed by atoms with E-state index in [1.165, 1.54) is 0 Å². The molecule has 0 saturated carbocycles. The molecular weight excluding hydrogens is 178 g/mol. The summed E-state index contributed by atoms with van der Waals surface area (Å²) in [6.45, 7) is 5.08. The van der Waals surface area contributed by atoms with Gasteiger partial charge in [0.2, 0.25) is 0 Å². The lowest BCUT2D eigenvalue weighted by Gasteiger charge is -2.12. The molecule has 0 aromatic heterocycles. The first-order valence-corrected chi connectivity index (χ1v) is 4.16. The Morgan fingerprint density at radius 3 is 2.69 bits per heavy atom. The normalized spacial score (nSPS) is 11.0. The van der Waals surface area contributed by atoms with Gasteiger partial charge in [0.05, 0.1) is 13.0 Å². The minimum atomic E-state index is -2.84. The summed E-state index contributed by atoms with van der Waals surface area (Å²) in [5.74, 6) is -3.42. The van der Waals surface area contributed by atoms with Gasteiger partial charge in [-0.15, -0.1) is 6.58 Å². The number of carbonyl (C=O) groups excluding carboxylic acids is 1. The van der Waals surface area contributed by atoms with Gasteiger partial charge in [0.1, 0.15) is 0 Å². The van der Waals surface area contributed by atoms with Crippen LogP contribution in [0, 0.1) is 0 Å². The molecule has 0 saturated heterocycles.